The zero-order valence-electron chi connectivity index (χ0n) is 9.66. The number of carbonyl (C=O) groups is 1. The zero-order chi connectivity index (χ0) is 14.0. The second kappa shape index (κ2) is 4.92. The van der Waals surface area contributed by atoms with Gasteiger partial charge in [0.1, 0.15) is 5.75 Å². The molecule has 5 N–H and O–H groups in total. The molecule has 1 atom stereocenters. The van der Waals surface area contributed by atoms with E-state index in [4.69, 9.17) is 21.3 Å². The van der Waals surface area contributed by atoms with Gasteiger partial charge in [-0.2, -0.15) is 0 Å². The summed E-state index contributed by atoms with van der Waals surface area (Å²) in [6.45, 7) is -0.726. The van der Waals surface area contributed by atoms with Crippen molar-refractivity contribution in [3.05, 3.63) is 24.3 Å². The van der Waals surface area contributed by atoms with Crippen molar-refractivity contribution in [1.29, 1.82) is 0 Å². The summed E-state index contributed by atoms with van der Waals surface area (Å²) >= 11 is 0. The van der Waals surface area contributed by atoms with Crippen molar-refractivity contribution in [2.45, 2.75) is 9.77 Å². The molecule has 100 valence electrons. The minimum Gasteiger partial charge on any atom is -0.497 e. The summed E-state index contributed by atoms with van der Waals surface area (Å²) in [5.41, 5.74) is 10.6. The molecule has 0 bridgehead atoms. The Morgan fingerprint density at radius 3 is 2.22 bits per heavy atom. The number of aliphatic carboxylic acids is 1. The molecular formula is C10H14N2O5S. The van der Waals surface area contributed by atoms with Gasteiger partial charge in [0, 0.05) is 6.54 Å². The normalized spacial score (nSPS) is 14.8. The van der Waals surface area contributed by atoms with E-state index in [2.05, 4.69) is 0 Å². The Morgan fingerprint density at radius 1 is 1.39 bits per heavy atom. The number of hydrogen-bond donors (Lipinski definition) is 3. The molecule has 0 aromatic heterocycles. The highest BCUT2D eigenvalue weighted by atomic mass is 32.2. The molecule has 18 heavy (non-hydrogen) atoms. The topological polar surface area (TPSA) is 133 Å². The van der Waals surface area contributed by atoms with Crippen LogP contribution in [0.15, 0.2) is 29.2 Å². The van der Waals surface area contributed by atoms with Gasteiger partial charge in [-0.1, -0.05) is 0 Å². The maximum absolute atomic E-state index is 12.1. The van der Waals surface area contributed by atoms with Crippen LogP contribution in [-0.2, 0) is 14.6 Å². The van der Waals surface area contributed by atoms with Crippen LogP contribution >= 0.6 is 0 Å². The van der Waals surface area contributed by atoms with Crippen LogP contribution in [0.3, 0.4) is 0 Å². The van der Waals surface area contributed by atoms with Crippen molar-refractivity contribution in [2.75, 3.05) is 13.7 Å². The van der Waals surface area contributed by atoms with Crippen LogP contribution in [0, 0.1) is 0 Å². The fraction of sp³-hybridized carbons (Fsp3) is 0.300. The molecule has 1 unspecified atom stereocenters. The smallest absolute Gasteiger partial charge is 0.341 e. The summed E-state index contributed by atoms with van der Waals surface area (Å²) in [6.07, 6.45) is 0. The first kappa shape index (κ1) is 14.4. The predicted molar refractivity (Wildman–Crippen MR) is 63.8 cm³/mol. The number of carboxylic acid groups (broad SMARTS) is 1. The van der Waals surface area contributed by atoms with Crippen molar-refractivity contribution >= 4 is 15.8 Å². The maximum Gasteiger partial charge on any atom is 0.341 e. The molecule has 0 aliphatic heterocycles. The summed E-state index contributed by atoms with van der Waals surface area (Å²) in [5, 5.41) is 8.92. The molecule has 0 radical (unpaired) electrons. The van der Waals surface area contributed by atoms with Gasteiger partial charge in [-0.25, -0.2) is 13.2 Å². The number of methoxy groups -OCH3 is 1. The quantitative estimate of drug-likeness (QED) is 0.638. The maximum atomic E-state index is 12.1. The Kier molecular flexibility index (Phi) is 3.95. The Hall–Kier alpha value is -1.64. The molecule has 8 heteroatoms. The number of carboxylic acids is 1. The first-order valence-corrected chi connectivity index (χ1v) is 6.39. The standard InChI is InChI=1S/C10H14N2O5S/c1-17-7-2-4-8(5-3-7)18(15,16)10(12,6-11)9(13)14/h2-5H,6,11-12H2,1H3,(H,13,14). The van der Waals surface area contributed by atoms with Crippen LogP contribution in [0.1, 0.15) is 0 Å². The lowest BCUT2D eigenvalue weighted by Gasteiger charge is -2.22. The largest absolute Gasteiger partial charge is 0.497 e. The summed E-state index contributed by atoms with van der Waals surface area (Å²) in [5.74, 6) is -1.25. The van der Waals surface area contributed by atoms with Crippen LogP contribution in [0.2, 0.25) is 0 Å². The predicted octanol–water partition coefficient (Wildman–Crippen LogP) is -0.833. The third-order valence-corrected chi connectivity index (χ3v) is 4.71. The van der Waals surface area contributed by atoms with E-state index in [1.807, 2.05) is 0 Å². The second-order valence-corrected chi connectivity index (χ2v) is 5.78. The number of benzene rings is 1. The molecule has 0 aliphatic rings. The van der Waals surface area contributed by atoms with E-state index in [0.29, 0.717) is 5.75 Å². The van der Waals surface area contributed by atoms with Crippen molar-refractivity contribution in [2.24, 2.45) is 11.5 Å². The molecule has 1 rings (SSSR count). The van der Waals surface area contributed by atoms with E-state index in [1.54, 1.807) is 0 Å². The van der Waals surface area contributed by atoms with Crippen LogP contribution in [0.25, 0.3) is 0 Å². The third kappa shape index (κ3) is 2.17. The Labute approximate surface area is 104 Å². The van der Waals surface area contributed by atoms with Gasteiger partial charge in [0.05, 0.1) is 12.0 Å². The first-order chi connectivity index (χ1) is 8.29. The van der Waals surface area contributed by atoms with E-state index in [0.717, 1.165) is 0 Å². The zero-order valence-corrected chi connectivity index (χ0v) is 10.5. The van der Waals surface area contributed by atoms with E-state index < -0.39 is 27.2 Å². The summed E-state index contributed by atoms with van der Waals surface area (Å²) < 4.78 is 29.1. The third-order valence-electron chi connectivity index (χ3n) is 2.51. The van der Waals surface area contributed by atoms with E-state index in [-0.39, 0.29) is 4.90 Å². The molecular weight excluding hydrogens is 260 g/mol. The van der Waals surface area contributed by atoms with Crippen LogP contribution in [-0.4, -0.2) is 38.0 Å². The van der Waals surface area contributed by atoms with Gasteiger partial charge in [0.25, 0.3) is 0 Å². The molecule has 0 aliphatic carbocycles. The van der Waals surface area contributed by atoms with Gasteiger partial charge in [0.2, 0.25) is 14.7 Å². The van der Waals surface area contributed by atoms with Gasteiger partial charge in [-0.05, 0) is 24.3 Å². The molecule has 0 fully saturated rings. The lowest BCUT2D eigenvalue weighted by atomic mass is 10.3. The number of hydrogen-bond acceptors (Lipinski definition) is 6. The Morgan fingerprint density at radius 2 is 1.89 bits per heavy atom. The summed E-state index contributed by atoms with van der Waals surface area (Å²) in [4.78, 5) is 8.22. The van der Waals surface area contributed by atoms with Crippen molar-refractivity contribution in [3.8, 4) is 5.75 Å². The van der Waals surface area contributed by atoms with E-state index in [1.165, 1.54) is 31.4 Å². The number of nitrogens with two attached hydrogens (primary N) is 2. The molecule has 1 aromatic rings. The first-order valence-electron chi connectivity index (χ1n) is 4.90. The molecule has 0 spiro atoms. The van der Waals surface area contributed by atoms with E-state index in [9.17, 15) is 13.2 Å². The van der Waals surface area contributed by atoms with Crippen LogP contribution in [0.5, 0.6) is 5.75 Å². The minimum atomic E-state index is -4.28. The summed E-state index contributed by atoms with van der Waals surface area (Å²) in [6, 6.07) is 5.22. The molecule has 0 amide bonds. The lowest BCUT2D eigenvalue weighted by molar-refractivity contribution is -0.139. The lowest BCUT2D eigenvalue weighted by Crippen LogP contribution is -2.59. The molecule has 7 nitrogen and oxygen atoms in total. The minimum absolute atomic E-state index is 0.223. The fourth-order valence-corrected chi connectivity index (χ4v) is 2.64. The molecule has 1 aromatic carbocycles. The van der Waals surface area contributed by atoms with Crippen molar-refractivity contribution in [3.63, 3.8) is 0 Å². The number of rotatable bonds is 5. The highest BCUT2D eigenvalue weighted by Gasteiger charge is 2.47. The Balaban J connectivity index is 3.32. The van der Waals surface area contributed by atoms with Gasteiger partial charge in [-0.3, -0.25) is 0 Å². The summed E-state index contributed by atoms with van der Waals surface area (Å²) in [7, 11) is -2.85. The van der Waals surface area contributed by atoms with E-state index >= 15 is 0 Å². The second-order valence-electron chi connectivity index (χ2n) is 3.58. The fourth-order valence-electron chi connectivity index (χ4n) is 1.28. The SMILES string of the molecule is COc1ccc(S(=O)(=O)C(N)(CN)C(=O)O)cc1. The van der Waals surface area contributed by atoms with Crippen LogP contribution < -0.4 is 16.2 Å². The van der Waals surface area contributed by atoms with Gasteiger partial charge >= 0.3 is 5.97 Å². The average molecular weight is 274 g/mol. The van der Waals surface area contributed by atoms with Crippen molar-refractivity contribution in [1.82, 2.24) is 0 Å². The molecule has 0 saturated heterocycles. The van der Waals surface area contributed by atoms with Gasteiger partial charge < -0.3 is 21.3 Å². The monoisotopic (exact) mass is 274 g/mol. The number of sulfone groups is 1. The van der Waals surface area contributed by atoms with Gasteiger partial charge in [-0.15, -0.1) is 0 Å². The molecule has 0 heterocycles. The number of ether oxygens (including phenoxy) is 1. The molecule has 0 saturated carbocycles. The van der Waals surface area contributed by atoms with Gasteiger partial charge in [0.15, 0.2) is 0 Å². The Bertz CT molecular complexity index is 540. The highest BCUT2D eigenvalue weighted by Crippen LogP contribution is 2.23. The average Bonchev–Trinajstić information content (AvgIpc) is 2.37. The van der Waals surface area contributed by atoms with Crippen LogP contribution in [0.4, 0.5) is 0 Å². The highest BCUT2D eigenvalue weighted by molar-refractivity contribution is 7.93. The van der Waals surface area contributed by atoms with Crippen molar-refractivity contribution < 1.29 is 23.1 Å².